The van der Waals surface area contributed by atoms with Crippen molar-refractivity contribution in [2.75, 3.05) is 0 Å². The number of rotatable bonds is 4. The predicted molar refractivity (Wildman–Crippen MR) is 103 cm³/mol. The van der Waals surface area contributed by atoms with Crippen molar-refractivity contribution in [2.45, 2.75) is 95.4 Å². The highest BCUT2D eigenvalue weighted by Crippen LogP contribution is 2.79. The molecule has 0 bridgehead atoms. The van der Waals surface area contributed by atoms with Gasteiger partial charge >= 0.3 is 0 Å². The molecule has 0 nitrogen and oxygen atoms in total. The van der Waals surface area contributed by atoms with Crippen molar-refractivity contribution in [3.63, 3.8) is 0 Å². The van der Waals surface area contributed by atoms with E-state index >= 15 is 0 Å². The van der Waals surface area contributed by atoms with Crippen LogP contribution in [0.25, 0.3) is 0 Å². The van der Waals surface area contributed by atoms with E-state index in [9.17, 15) is 0 Å². The Morgan fingerprint density at radius 3 is 1.91 bits per heavy atom. The zero-order chi connectivity index (χ0) is 18.0. The monoisotopic (exact) mass is 320 g/mol. The zero-order valence-corrected chi connectivity index (χ0v) is 18.0. The Bertz CT molecular complexity index is 441. The lowest BCUT2D eigenvalue weighted by molar-refractivity contribution is -0.194. The summed E-state index contributed by atoms with van der Waals surface area (Å²) >= 11 is 0. The maximum Gasteiger partial charge on any atom is -0.0195 e. The third kappa shape index (κ3) is 2.15. The van der Waals surface area contributed by atoms with Gasteiger partial charge in [0.1, 0.15) is 0 Å². The van der Waals surface area contributed by atoms with Gasteiger partial charge in [-0.3, -0.25) is 0 Å². The van der Waals surface area contributed by atoms with Gasteiger partial charge in [-0.15, -0.1) is 0 Å². The summed E-state index contributed by atoms with van der Waals surface area (Å²) < 4.78 is 0. The Morgan fingerprint density at radius 1 is 1.04 bits per heavy atom. The van der Waals surface area contributed by atoms with Crippen molar-refractivity contribution < 1.29 is 0 Å². The molecule has 0 aromatic heterocycles. The van der Waals surface area contributed by atoms with Gasteiger partial charge in [0.2, 0.25) is 0 Å². The van der Waals surface area contributed by atoms with E-state index in [0.29, 0.717) is 27.6 Å². The van der Waals surface area contributed by atoms with Gasteiger partial charge in [-0.05, 0) is 64.1 Å². The molecule has 0 aromatic rings. The zero-order valence-electron chi connectivity index (χ0n) is 18.0. The molecule has 2 saturated carbocycles. The van der Waals surface area contributed by atoms with E-state index < -0.39 is 0 Å². The van der Waals surface area contributed by atoms with Gasteiger partial charge in [-0.2, -0.15) is 0 Å². The SMILES string of the molecule is CCC(C)C1CC(C)(C(C)(C(C)C)C(C)(C)C)C2(C)C(C)CC12. The van der Waals surface area contributed by atoms with Gasteiger partial charge < -0.3 is 0 Å². The van der Waals surface area contributed by atoms with Crippen molar-refractivity contribution in [3.05, 3.63) is 0 Å². The molecule has 23 heavy (non-hydrogen) atoms. The average Bonchev–Trinajstić information content (AvgIpc) is 2.63. The van der Waals surface area contributed by atoms with Crippen molar-refractivity contribution in [3.8, 4) is 0 Å². The molecular formula is C23H44. The van der Waals surface area contributed by atoms with Gasteiger partial charge in [0.15, 0.2) is 0 Å². The fourth-order valence-corrected chi connectivity index (χ4v) is 7.48. The minimum Gasteiger partial charge on any atom is -0.0651 e. The highest BCUT2D eigenvalue weighted by Gasteiger charge is 2.73. The average molecular weight is 321 g/mol. The van der Waals surface area contributed by atoms with E-state index in [-0.39, 0.29) is 0 Å². The van der Waals surface area contributed by atoms with Crippen LogP contribution in [-0.2, 0) is 0 Å². The van der Waals surface area contributed by atoms with Crippen LogP contribution in [-0.4, -0.2) is 0 Å². The summed E-state index contributed by atoms with van der Waals surface area (Å²) in [5, 5.41) is 0. The lowest BCUT2D eigenvalue weighted by Gasteiger charge is -2.67. The van der Waals surface area contributed by atoms with Crippen molar-refractivity contribution in [1.82, 2.24) is 0 Å². The van der Waals surface area contributed by atoms with E-state index in [4.69, 9.17) is 0 Å². The molecule has 0 aliphatic heterocycles. The molecule has 2 aliphatic carbocycles. The summed E-state index contributed by atoms with van der Waals surface area (Å²) in [4.78, 5) is 0. The van der Waals surface area contributed by atoms with Gasteiger partial charge in [0.25, 0.3) is 0 Å². The maximum absolute atomic E-state index is 2.68. The van der Waals surface area contributed by atoms with Gasteiger partial charge in [-0.1, -0.05) is 82.6 Å². The molecule has 0 amide bonds. The molecule has 0 saturated heterocycles. The first kappa shape index (κ1) is 19.3. The fraction of sp³-hybridized carbons (Fsp3) is 1.00. The van der Waals surface area contributed by atoms with Crippen molar-refractivity contribution in [1.29, 1.82) is 0 Å². The Balaban J connectivity index is 2.58. The third-order valence-corrected chi connectivity index (χ3v) is 9.98. The summed E-state index contributed by atoms with van der Waals surface area (Å²) in [5.41, 5.74) is 1.66. The first-order chi connectivity index (χ1) is 10.3. The molecule has 0 spiro atoms. The molecule has 0 heteroatoms. The first-order valence-electron chi connectivity index (χ1n) is 10.3. The molecule has 0 radical (unpaired) electrons. The van der Waals surface area contributed by atoms with Crippen LogP contribution in [0.15, 0.2) is 0 Å². The molecule has 2 rings (SSSR count). The van der Waals surface area contributed by atoms with E-state index in [1.165, 1.54) is 19.3 Å². The Labute approximate surface area is 147 Å². The summed E-state index contributed by atoms with van der Waals surface area (Å²) in [6.07, 6.45) is 4.26. The third-order valence-electron chi connectivity index (χ3n) is 9.98. The van der Waals surface area contributed by atoms with Crippen molar-refractivity contribution in [2.24, 2.45) is 51.2 Å². The second kappa shape index (κ2) is 5.50. The maximum atomic E-state index is 2.68. The van der Waals surface area contributed by atoms with Crippen LogP contribution >= 0.6 is 0 Å². The first-order valence-corrected chi connectivity index (χ1v) is 10.3. The van der Waals surface area contributed by atoms with E-state index in [1.807, 2.05) is 0 Å². The van der Waals surface area contributed by atoms with Crippen LogP contribution in [0.2, 0.25) is 0 Å². The lowest BCUT2D eigenvalue weighted by Crippen LogP contribution is -2.61. The van der Waals surface area contributed by atoms with Gasteiger partial charge in [-0.25, -0.2) is 0 Å². The van der Waals surface area contributed by atoms with Crippen LogP contribution in [0.5, 0.6) is 0 Å². The Kier molecular flexibility index (Phi) is 4.62. The summed E-state index contributed by atoms with van der Waals surface area (Å²) in [6, 6.07) is 0. The molecular weight excluding hydrogens is 276 g/mol. The minimum absolute atomic E-state index is 0.336. The van der Waals surface area contributed by atoms with Crippen molar-refractivity contribution >= 4 is 0 Å². The van der Waals surface area contributed by atoms with Gasteiger partial charge in [0, 0.05) is 0 Å². The second-order valence-electron chi connectivity index (χ2n) is 11.2. The molecule has 7 unspecified atom stereocenters. The quantitative estimate of drug-likeness (QED) is 0.505. The van der Waals surface area contributed by atoms with Crippen LogP contribution in [0.3, 0.4) is 0 Å². The van der Waals surface area contributed by atoms with Crippen LogP contribution in [0, 0.1) is 51.2 Å². The van der Waals surface area contributed by atoms with E-state index in [2.05, 4.69) is 76.2 Å². The van der Waals surface area contributed by atoms with Crippen LogP contribution in [0.1, 0.15) is 95.4 Å². The Morgan fingerprint density at radius 2 is 1.57 bits per heavy atom. The largest absolute Gasteiger partial charge is 0.0651 e. The smallest absolute Gasteiger partial charge is 0.0195 e. The normalized spacial score (nSPS) is 44.6. The number of hydrogen-bond donors (Lipinski definition) is 0. The van der Waals surface area contributed by atoms with E-state index in [0.717, 1.165) is 23.7 Å². The second-order valence-corrected chi connectivity index (χ2v) is 11.2. The number of hydrogen-bond acceptors (Lipinski definition) is 0. The standard InChI is InChI=1S/C23H44/c1-12-16(4)18-14-21(9,22(10)17(5)13-19(18)22)23(11,15(2)3)20(6,7)8/h15-19H,12-14H2,1-11H3. The molecule has 0 N–H and O–H groups in total. The lowest BCUT2D eigenvalue weighted by atomic mass is 9.37. The summed E-state index contributed by atoms with van der Waals surface area (Å²) in [5.74, 6) is 4.37. The predicted octanol–water partition coefficient (Wildman–Crippen LogP) is 7.43. The van der Waals surface area contributed by atoms with Gasteiger partial charge in [0.05, 0.1) is 0 Å². The minimum atomic E-state index is 0.336. The Hall–Kier alpha value is 0. The topological polar surface area (TPSA) is 0 Å². The molecule has 0 heterocycles. The van der Waals surface area contributed by atoms with Crippen LogP contribution < -0.4 is 0 Å². The highest BCUT2D eigenvalue weighted by molar-refractivity contribution is 5.21. The molecule has 2 aliphatic rings. The fourth-order valence-electron chi connectivity index (χ4n) is 7.48. The molecule has 0 aromatic carbocycles. The molecule has 7 atom stereocenters. The van der Waals surface area contributed by atoms with Crippen LogP contribution in [0.4, 0.5) is 0 Å². The molecule has 2 fully saturated rings. The molecule has 136 valence electrons. The summed E-state index contributed by atoms with van der Waals surface area (Å²) in [6.45, 7) is 27.9. The van der Waals surface area contributed by atoms with E-state index in [1.54, 1.807) is 0 Å². The highest BCUT2D eigenvalue weighted by atomic mass is 14.8. The summed E-state index contributed by atoms with van der Waals surface area (Å²) in [7, 11) is 0. The number of fused-ring (bicyclic) bond motifs is 1.